The molecule has 1 amide bonds. The van der Waals surface area contributed by atoms with Crippen molar-refractivity contribution in [1.29, 1.82) is 5.26 Å². The Labute approximate surface area is 128 Å². The van der Waals surface area contributed by atoms with E-state index in [9.17, 15) is 14.4 Å². The summed E-state index contributed by atoms with van der Waals surface area (Å²) in [6.07, 6.45) is 1.71. The van der Waals surface area contributed by atoms with Crippen molar-refractivity contribution in [3.05, 3.63) is 35.6 Å². The number of amides is 1. The number of halogens is 1. The Bertz CT molecular complexity index is 549. The lowest BCUT2D eigenvalue weighted by atomic mass is 9.96. The predicted octanol–water partition coefficient (Wildman–Crippen LogP) is 2.91. The summed E-state index contributed by atoms with van der Waals surface area (Å²) in [5, 5.41) is 12.1. The summed E-state index contributed by atoms with van der Waals surface area (Å²) in [6.45, 7) is 1.97. The van der Waals surface area contributed by atoms with E-state index in [-0.39, 0.29) is 17.6 Å². The second-order valence-electron chi connectivity index (χ2n) is 5.69. The van der Waals surface area contributed by atoms with Gasteiger partial charge < -0.3 is 5.32 Å². The molecule has 1 aliphatic rings. The molecular weight excluding hydrogens is 287 g/mol. The number of carbonyl (C=O) groups excluding carboxylic acids is 1. The predicted molar refractivity (Wildman–Crippen MR) is 82.3 cm³/mol. The molecular formula is C16H19FN2OS. The summed E-state index contributed by atoms with van der Waals surface area (Å²) >= 11 is 1.69. The van der Waals surface area contributed by atoms with Crippen LogP contribution in [-0.4, -0.2) is 23.0 Å². The Balaban J connectivity index is 1.86. The highest BCUT2D eigenvalue weighted by Crippen LogP contribution is 2.27. The molecule has 0 spiro atoms. The van der Waals surface area contributed by atoms with Crippen LogP contribution in [0.25, 0.3) is 0 Å². The average molecular weight is 306 g/mol. The van der Waals surface area contributed by atoms with Crippen LogP contribution in [0.2, 0.25) is 0 Å². The number of hydrogen-bond acceptors (Lipinski definition) is 3. The number of thioether (sulfide) groups is 1. The van der Waals surface area contributed by atoms with Crippen LogP contribution in [0.3, 0.4) is 0 Å². The third kappa shape index (κ3) is 4.47. The number of nitrogens with one attached hydrogen (secondary N) is 1. The highest BCUT2D eigenvalue weighted by Gasteiger charge is 2.36. The van der Waals surface area contributed by atoms with Crippen LogP contribution < -0.4 is 5.32 Å². The zero-order valence-corrected chi connectivity index (χ0v) is 12.9. The summed E-state index contributed by atoms with van der Waals surface area (Å²) in [4.78, 5) is 12.1. The molecule has 1 heterocycles. The fraction of sp³-hybridized carbons (Fsp3) is 0.500. The first-order valence-corrected chi connectivity index (χ1v) is 8.23. The third-order valence-corrected chi connectivity index (χ3v) is 4.81. The third-order valence-electron chi connectivity index (χ3n) is 3.62. The van der Waals surface area contributed by atoms with E-state index >= 15 is 0 Å². The van der Waals surface area contributed by atoms with Gasteiger partial charge in [0, 0.05) is 12.2 Å². The quantitative estimate of drug-likeness (QED) is 0.910. The van der Waals surface area contributed by atoms with Crippen molar-refractivity contribution in [3.63, 3.8) is 0 Å². The van der Waals surface area contributed by atoms with Gasteiger partial charge in [0.1, 0.15) is 11.4 Å². The van der Waals surface area contributed by atoms with E-state index in [0.29, 0.717) is 25.0 Å². The van der Waals surface area contributed by atoms with Gasteiger partial charge in [-0.05, 0) is 42.2 Å². The van der Waals surface area contributed by atoms with E-state index in [0.717, 1.165) is 11.3 Å². The SMILES string of the molecule is C[C@H](CC(=O)N[C@]1(C#N)CCSC1)Cc1cccc(F)c1. The number of hydrogen-bond donors (Lipinski definition) is 1. The molecule has 2 rings (SSSR count). The van der Waals surface area contributed by atoms with E-state index < -0.39 is 5.54 Å². The van der Waals surface area contributed by atoms with Crippen LogP contribution in [0, 0.1) is 23.1 Å². The lowest BCUT2D eigenvalue weighted by molar-refractivity contribution is -0.123. The maximum absolute atomic E-state index is 13.1. The second-order valence-corrected chi connectivity index (χ2v) is 6.79. The Kier molecular flexibility index (Phi) is 5.24. The van der Waals surface area contributed by atoms with Crippen LogP contribution in [0.5, 0.6) is 0 Å². The molecule has 0 unspecified atom stereocenters. The van der Waals surface area contributed by atoms with E-state index in [4.69, 9.17) is 0 Å². The Morgan fingerprint density at radius 3 is 3.05 bits per heavy atom. The lowest BCUT2D eigenvalue weighted by Crippen LogP contribution is -2.47. The van der Waals surface area contributed by atoms with Crippen LogP contribution in [0.1, 0.15) is 25.3 Å². The standard InChI is InChI=1S/C16H19FN2OS/c1-12(7-13-3-2-4-14(17)9-13)8-15(20)19-16(10-18)5-6-21-11-16/h2-4,9,12H,5-8,11H2,1H3,(H,19,20)/t12-,16-/m0/s1. The van der Waals surface area contributed by atoms with E-state index in [1.165, 1.54) is 12.1 Å². The summed E-state index contributed by atoms with van der Waals surface area (Å²) in [7, 11) is 0. The maximum atomic E-state index is 13.1. The van der Waals surface area contributed by atoms with Gasteiger partial charge in [-0.2, -0.15) is 17.0 Å². The molecule has 0 aromatic heterocycles. The van der Waals surface area contributed by atoms with Crippen molar-refractivity contribution in [2.45, 2.75) is 31.7 Å². The first kappa shape index (κ1) is 15.8. The van der Waals surface area contributed by atoms with Crippen molar-refractivity contribution < 1.29 is 9.18 Å². The van der Waals surface area contributed by atoms with E-state index in [1.807, 2.05) is 13.0 Å². The molecule has 0 bridgehead atoms. The van der Waals surface area contributed by atoms with Crippen LogP contribution in [0.4, 0.5) is 4.39 Å². The van der Waals surface area contributed by atoms with Gasteiger partial charge in [-0.25, -0.2) is 4.39 Å². The van der Waals surface area contributed by atoms with Crippen molar-refractivity contribution in [2.24, 2.45) is 5.92 Å². The summed E-state index contributed by atoms with van der Waals surface area (Å²) in [5.74, 6) is 1.33. The van der Waals surface area contributed by atoms with Gasteiger partial charge in [0.15, 0.2) is 0 Å². The minimum Gasteiger partial charge on any atom is -0.337 e. The minimum atomic E-state index is -0.694. The van der Waals surface area contributed by atoms with Gasteiger partial charge in [0.25, 0.3) is 0 Å². The van der Waals surface area contributed by atoms with Crippen LogP contribution in [-0.2, 0) is 11.2 Å². The minimum absolute atomic E-state index is 0.0945. The van der Waals surface area contributed by atoms with Gasteiger partial charge in [-0.3, -0.25) is 4.79 Å². The molecule has 3 nitrogen and oxygen atoms in total. The fourth-order valence-corrected chi connectivity index (χ4v) is 3.82. The van der Waals surface area contributed by atoms with E-state index in [2.05, 4.69) is 11.4 Å². The Morgan fingerprint density at radius 1 is 1.62 bits per heavy atom. The molecule has 1 aromatic rings. The molecule has 0 saturated carbocycles. The number of nitrogens with zero attached hydrogens (tertiary/aromatic N) is 1. The van der Waals surface area contributed by atoms with Crippen LogP contribution in [0.15, 0.2) is 24.3 Å². The van der Waals surface area contributed by atoms with E-state index in [1.54, 1.807) is 17.8 Å². The number of nitriles is 1. The van der Waals surface area contributed by atoms with Gasteiger partial charge in [0.05, 0.1) is 6.07 Å². The normalized spacial score (nSPS) is 22.5. The molecule has 1 aromatic carbocycles. The molecule has 2 atom stereocenters. The average Bonchev–Trinajstić information content (AvgIpc) is 2.87. The zero-order valence-electron chi connectivity index (χ0n) is 12.1. The maximum Gasteiger partial charge on any atom is 0.221 e. The molecule has 0 aliphatic carbocycles. The molecule has 5 heteroatoms. The number of rotatable bonds is 5. The van der Waals surface area contributed by atoms with Gasteiger partial charge in [0.2, 0.25) is 5.91 Å². The summed E-state index contributed by atoms with van der Waals surface area (Å²) in [6, 6.07) is 8.69. The molecule has 1 fully saturated rings. The van der Waals surface area contributed by atoms with Crippen LogP contribution >= 0.6 is 11.8 Å². The van der Waals surface area contributed by atoms with Crippen molar-refractivity contribution in [2.75, 3.05) is 11.5 Å². The first-order valence-electron chi connectivity index (χ1n) is 7.07. The topological polar surface area (TPSA) is 52.9 Å². The molecule has 1 N–H and O–H groups in total. The summed E-state index contributed by atoms with van der Waals surface area (Å²) < 4.78 is 13.1. The fourth-order valence-electron chi connectivity index (χ4n) is 2.55. The Morgan fingerprint density at radius 2 is 2.43 bits per heavy atom. The molecule has 1 aliphatic heterocycles. The zero-order chi connectivity index (χ0) is 15.3. The van der Waals surface area contributed by atoms with Gasteiger partial charge in [-0.15, -0.1) is 0 Å². The first-order chi connectivity index (χ1) is 10.0. The highest BCUT2D eigenvalue weighted by molar-refractivity contribution is 7.99. The monoisotopic (exact) mass is 306 g/mol. The Hall–Kier alpha value is -1.54. The molecule has 1 saturated heterocycles. The van der Waals surface area contributed by atoms with Crippen molar-refractivity contribution in [3.8, 4) is 6.07 Å². The van der Waals surface area contributed by atoms with Crippen molar-refractivity contribution in [1.82, 2.24) is 5.32 Å². The molecule has 112 valence electrons. The van der Waals surface area contributed by atoms with Crippen molar-refractivity contribution >= 4 is 17.7 Å². The molecule has 21 heavy (non-hydrogen) atoms. The highest BCUT2D eigenvalue weighted by atomic mass is 32.2. The second kappa shape index (κ2) is 6.95. The largest absolute Gasteiger partial charge is 0.337 e. The van der Waals surface area contributed by atoms with Gasteiger partial charge in [-0.1, -0.05) is 19.1 Å². The van der Waals surface area contributed by atoms with Gasteiger partial charge >= 0.3 is 0 Å². The molecule has 0 radical (unpaired) electrons. The number of carbonyl (C=O) groups is 1. The summed E-state index contributed by atoms with van der Waals surface area (Å²) in [5.41, 5.74) is 0.196. The smallest absolute Gasteiger partial charge is 0.221 e. The number of benzene rings is 1. The lowest BCUT2D eigenvalue weighted by Gasteiger charge is -2.22.